The van der Waals surface area contributed by atoms with Crippen molar-refractivity contribution in [3.8, 4) is 0 Å². The topological polar surface area (TPSA) is 131 Å². The number of nitrogens with one attached hydrogen (secondary N) is 2. The average molecular weight is 487 g/mol. The van der Waals surface area contributed by atoms with Crippen molar-refractivity contribution in [1.29, 1.82) is 0 Å². The van der Waals surface area contributed by atoms with Crippen molar-refractivity contribution in [3.05, 3.63) is 59.7 Å². The number of benzene rings is 2. The molecular formula is C24H30N4O5S. The molecule has 0 bridgehead atoms. The Balaban J connectivity index is 1.36. The van der Waals surface area contributed by atoms with E-state index in [1.807, 2.05) is 18.2 Å². The summed E-state index contributed by atoms with van der Waals surface area (Å²) in [7, 11) is -3.68. The van der Waals surface area contributed by atoms with Crippen LogP contribution in [0.25, 0.3) is 0 Å². The highest BCUT2D eigenvalue weighted by Crippen LogP contribution is 2.22. The molecule has 0 saturated carbocycles. The third kappa shape index (κ3) is 6.01. The van der Waals surface area contributed by atoms with Gasteiger partial charge in [-0.15, -0.1) is 0 Å². The Bertz CT molecular complexity index is 1130. The lowest BCUT2D eigenvalue weighted by Gasteiger charge is -2.22. The minimum Gasteiger partial charge on any atom is -0.377 e. The average Bonchev–Trinajstić information content (AvgIpc) is 3.50. The molecule has 0 aliphatic carbocycles. The summed E-state index contributed by atoms with van der Waals surface area (Å²) in [6.07, 6.45) is 3.38. The van der Waals surface area contributed by atoms with Gasteiger partial charge in [0, 0.05) is 30.9 Å². The Morgan fingerprint density at radius 2 is 1.88 bits per heavy atom. The van der Waals surface area contributed by atoms with Crippen molar-refractivity contribution in [2.24, 2.45) is 5.73 Å². The Morgan fingerprint density at radius 1 is 1.09 bits per heavy atom. The smallest absolute Gasteiger partial charge is 0.255 e. The molecule has 10 heteroatoms. The van der Waals surface area contributed by atoms with E-state index in [4.69, 9.17) is 10.5 Å². The predicted octanol–water partition coefficient (Wildman–Crippen LogP) is 1.85. The molecule has 9 nitrogen and oxygen atoms in total. The van der Waals surface area contributed by atoms with Crippen molar-refractivity contribution < 1.29 is 22.7 Å². The first kappa shape index (κ1) is 24.3. The van der Waals surface area contributed by atoms with Gasteiger partial charge in [0.05, 0.1) is 17.0 Å². The lowest BCUT2D eigenvalue weighted by molar-refractivity contribution is -0.122. The van der Waals surface area contributed by atoms with Crippen LogP contribution in [0.15, 0.2) is 53.4 Å². The highest BCUT2D eigenvalue weighted by molar-refractivity contribution is 7.89. The molecule has 2 unspecified atom stereocenters. The second kappa shape index (κ2) is 10.6. The normalized spacial score (nSPS) is 20.9. The summed E-state index contributed by atoms with van der Waals surface area (Å²) < 4.78 is 33.0. The number of ether oxygens (including phenoxy) is 1. The van der Waals surface area contributed by atoms with Crippen LogP contribution in [0.1, 0.15) is 41.6 Å². The summed E-state index contributed by atoms with van der Waals surface area (Å²) in [4.78, 5) is 26.5. The van der Waals surface area contributed by atoms with Gasteiger partial charge in [-0.05, 0) is 74.2 Å². The van der Waals surface area contributed by atoms with Gasteiger partial charge in [-0.1, -0.05) is 12.1 Å². The molecule has 0 spiro atoms. The van der Waals surface area contributed by atoms with Crippen LogP contribution >= 0.6 is 0 Å². The summed E-state index contributed by atoms with van der Waals surface area (Å²) in [6.45, 7) is 2.27. The predicted molar refractivity (Wildman–Crippen MR) is 128 cm³/mol. The summed E-state index contributed by atoms with van der Waals surface area (Å²) >= 11 is 0. The Morgan fingerprint density at radius 3 is 2.59 bits per heavy atom. The number of carbonyl (C=O) groups excluding carboxylic acids is 2. The van der Waals surface area contributed by atoms with Gasteiger partial charge < -0.3 is 15.8 Å². The number of rotatable bonds is 9. The van der Waals surface area contributed by atoms with E-state index >= 15 is 0 Å². The molecule has 2 saturated heterocycles. The van der Waals surface area contributed by atoms with E-state index in [0.717, 1.165) is 37.8 Å². The molecule has 182 valence electrons. The summed E-state index contributed by atoms with van der Waals surface area (Å²) in [6, 6.07) is 13.0. The molecule has 2 fully saturated rings. The molecule has 0 aromatic heterocycles. The zero-order valence-corrected chi connectivity index (χ0v) is 19.7. The molecule has 2 atom stereocenters. The highest BCUT2D eigenvalue weighted by atomic mass is 32.2. The van der Waals surface area contributed by atoms with E-state index in [1.54, 1.807) is 6.07 Å². The van der Waals surface area contributed by atoms with E-state index < -0.39 is 10.0 Å². The number of likely N-dealkylation sites (tertiary alicyclic amines) is 1. The summed E-state index contributed by atoms with van der Waals surface area (Å²) in [5.41, 5.74) is 7.42. The molecule has 2 aromatic carbocycles. The number of primary amides is 1. The monoisotopic (exact) mass is 486 g/mol. The maximum atomic E-state index is 12.7. The van der Waals surface area contributed by atoms with Gasteiger partial charge in [0.25, 0.3) is 5.91 Å². The number of nitrogens with two attached hydrogens (primary N) is 1. The van der Waals surface area contributed by atoms with Crippen molar-refractivity contribution in [2.45, 2.75) is 49.3 Å². The molecule has 2 aromatic rings. The molecule has 2 amide bonds. The first-order chi connectivity index (χ1) is 16.3. The fraction of sp³-hybridized carbons (Fsp3) is 0.417. The van der Waals surface area contributed by atoms with Crippen molar-refractivity contribution in [1.82, 2.24) is 9.62 Å². The zero-order valence-electron chi connectivity index (χ0n) is 18.9. The van der Waals surface area contributed by atoms with E-state index in [2.05, 4.69) is 14.9 Å². The summed E-state index contributed by atoms with van der Waals surface area (Å²) in [5, 5.41) is 2.85. The van der Waals surface area contributed by atoms with Gasteiger partial charge in [-0.25, -0.2) is 13.1 Å². The van der Waals surface area contributed by atoms with Crippen molar-refractivity contribution >= 4 is 27.5 Å². The lowest BCUT2D eigenvalue weighted by atomic mass is 10.1. The van der Waals surface area contributed by atoms with E-state index in [9.17, 15) is 18.0 Å². The first-order valence-electron chi connectivity index (χ1n) is 11.5. The number of nitrogens with zero attached hydrogens (tertiary/aromatic N) is 1. The van der Waals surface area contributed by atoms with Crippen LogP contribution in [0, 0.1) is 0 Å². The van der Waals surface area contributed by atoms with Gasteiger partial charge >= 0.3 is 0 Å². The van der Waals surface area contributed by atoms with E-state index in [0.29, 0.717) is 24.4 Å². The third-order valence-corrected chi connectivity index (χ3v) is 7.65. The second-order valence-corrected chi connectivity index (χ2v) is 10.5. The number of hydrogen-bond acceptors (Lipinski definition) is 6. The minimum atomic E-state index is -3.68. The van der Waals surface area contributed by atoms with E-state index in [-0.39, 0.29) is 35.4 Å². The standard InChI is InChI=1S/C24H30N4O5S/c25-23(29)22-7-2-12-28(22)16-17-4-1-5-19(14-17)27-24(30)18-8-10-21(11-9-18)34(31,32)26-15-20-6-3-13-33-20/h1,4-5,8-11,14,20,22,26H,2-3,6-7,12-13,15-16H2,(H2,25,29)(H,27,30). The van der Waals surface area contributed by atoms with Gasteiger partial charge in [-0.3, -0.25) is 14.5 Å². The molecular weight excluding hydrogens is 456 g/mol. The van der Waals surface area contributed by atoms with Gasteiger partial charge in [0.1, 0.15) is 0 Å². The Kier molecular flexibility index (Phi) is 7.62. The number of carbonyl (C=O) groups is 2. The number of anilines is 1. The van der Waals surface area contributed by atoms with Crippen LogP contribution in [-0.4, -0.2) is 57.0 Å². The largest absolute Gasteiger partial charge is 0.377 e. The van der Waals surface area contributed by atoms with Crippen LogP contribution in [0.2, 0.25) is 0 Å². The van der Waals surface area contributed by atoms with Crippen molar-refractivity contribution in [3.63, 3.8) is 0 Å². The number of hydrogen-bond donors (Lipinski definition) is 3. The van der Waals surface area contributed by atoms with Crippen LogP contribution in [-0.2, 0) is 26.1 Å². The fourth-order valence-corrected chi connectivity index (χ4v) is 5.47. The Labute approximate surface area is 199 Å². The quantitative estimate of drug-likeness (QED) is 0.496. The molecule has 4 N–H and O–H groups in total. The summed E-state index contributed by atoms with van der Waals surface area (Å²) in [5.74, 6) is -0.654. The minimum absolute atomic E-state index is 0.0947. The van der Waals surface area contributed by atoms with Crippen LogP contribution in [0.4, 0.5) is 5.69 Å². The fourth-order valence-electron chi connectivity index (χ4n) is 4.40. The maximum absolute atomic E-state index is 12.7. The molecule has 2 aliphatic rings. The van der Waals surface area contributed by atoms with Gasteiger partial charge in [0.15, 0.2) is 0 Å². The molecule has 0 radical (unpaired) electrons. The maximum Gasteiger partial charge on any atom is 0.255 e. The zero-order chi connectivity index (χ0) is 24.1. The van der Waals surface area contributed by atoms with E-state index in [1.165, 1.54) is 24.3 Å². The van der Waals surface area contributed by atoms with Crippen LogP contribution < -0.4 is 15.8 Å². The van der Waals surface area contributed by atoms with Crippen LogP contribution in [0.5, 0.6) is 0 Å². The van der Waals surface area contributed by atoms with Gasteiger partial charge in [-0.2, -0.15) is 0 Å². The molecule has 4 rings (SSSR count). The third-order valence-electron chi connectivity index (χ3n) is 6.21. The highest BCUT2D eigenvalue weighted by Gasteiger charge is 2.28. The number of amides is 2. The molecule has 2 aliphatic heterocycles. The van der Waals surface area contributed by atoms with Crippen molar-refractivity contribution in [2.75, 3.05) is 25.0 Å². The van der Waals surface area contributed by atoms with Gasteiger partial charge in [0.2, 0.25) is 15.9 Å². The molecule has 2 heterocycles. The SMILES string of the molecule is NC(=O)C1CCCN1Cc1cccc(NC(=O)c2ccc(S(=O)(=O)NCC3CCCO3)cc2)c1. The number of sulfonamides is 1. The van der Waals surface area contributed by atoms with Crippen LogP contribution in [0.3, 0.4) is 0 Å². The first-order valence-corrected chi connectivity index (χ1v) is 12.9. The second-order valence-electron chi connectivity index (χ2n) is 8.70. The molecule has 34 heavy (non-hydrogen) atoms. The lowest BCUT2D eigenvalue weighted by Crippen LogP contribution is -2.39. The Hall–Kier alpha value is -2.79.